The molecule has 0 fully saturated rings. The maximum absolute atomic E-state index is 13.3. The van der Waals surface area contributed by atoms with Crippen LogP contribution in [0.4, 0.5) is 18.0 Å². The Morgan fingerprint density at radius 3 is 1.73 bits per heavy atom. The highest BCUT2D eigenvalue weighted by Gasteiger charge is 2.58. The number of hydrogen-bond donors (Lipinski definition) is 1. The molecule has 0 heterocycles. The first-order valence-electron chi connectivity index (χ1n) is 5.63. The molecule has 0 aliphatic carbocycles. The van der Waals surface area contributed by atoms with Gasteiger partial charge in [0.25, 0.3) is 0 Å². The van der Waals surface area contributed by atoms with Crippen molar-refractivity contribution in [3.8, 4) is 0 Å². The lowest BCUT2D eigenvalue weighted by Crippen LogP contribution is -2.65. The molecule has 22 heavy (non-hydrogen) atoms. The number of esters is 2. The largest absolute Gasteiger partial charge is 0.460 e. The Labute approximate surface area is 123 Å². The fourth-order valence-electron chi connectivity index (χ4n) is 1.10. The minimum atomic E-state index is -5.12. The van der Waals surface area contributed by atoms with Crippen LogP contribution in [0, 0.1) is 0 Å². The smallest absolute Gasteiger partial charge is 0.418 e. The van der Waals surface area contributed by atoms with Crippen LogP contribution in [0.15, 0.2) is 25.3 Å². The molecule has 0 bridgehead atoms. The molecule has 0 unspecified atom stereocenters. The zero-order valence-electron chi connectivity index (χ0n) is 11.6. The van der Waals surface area contributed by atoms with Crippen LogP contribution >= 0.6 is 0 Å². The van der Waals surface area contributed by atoms with E-state index in [1.807, 2.05) is 0 Å². The summed E-state index contributed by atoms with van der Waals surface area (Å²) in [5.74, 6) is -2.31. The van der Waals surface area contributed by atoms with E-state index in [2.05, 4.69) is 27.4 Å². The molecule has 1 amide bonds. The van der Waals surface area contributed by atoms with Crippen LogP contribution < -0.4 is 5.32 Å². The van der Waals surface area contributed by atoms with Crippen LogP contribution in [0.25, 0.3) is 0 Å². The predicted molar refractivity (Wildman–Crippen MR) is 66.6 cm³/mol. The van der Waals surface area contributed by atoms with Gasteiger partial charge in [-0.05, 0) is 0 Å². The Hall–Kier alpha value is -2.52. The van der Waals surface area contributed by atoms with E-state index in [9.17, 15) is 27.6 Å². The van der Waals surface area contributed by atoms with Gasteiger partial charge < -0.3 is 19.5 Å². The summed E-state index contributed by atoms with van der Waals surface area (Å²) in [4.78, 5) is 33.1. The summed E-state index contributed by atoms with van der Waals surface area (Å²) in [5, 5.41) is 1.47. The Morgan fingerprint density at radius 2 is 1.45 bits per heavy atom. The second-order valence-electron chi connectivity index (χ2n) is 3.82. The normalized spacial score (nSPS) is 11.1. The molecule has 0 aromatic rings. The van der Waals surface area contributed by atoms with Crippen molar-refractivity contribution in [2.45, 2.75) is 11.7 Å². The standard InChI is InChI=1S/C12H14F3NO6/c1-4-8(17)21-6-11(12(13,14)15,16-10(19)20-3)7-22-9(18)5-2/h4-5H,1-2,6-7H2,3H3,(H,16,19). The number of rotatable bonds is 7. The van der Waals surface area contributed by atoms with Crippen LogP contribution in [-0.2, 0) is 23.8 Å². The zero-order valence-corrected chi connectivity index (χ0v) is 11.6. The van der Waals surface area contributed by atoms with E-state index in [0.717, 1.165) is 7.11 Å². The summed E-state index contributed by atoms with van der Waals surface area (Å²) in [7, 11) is 0.835. The van der Waals surface area contributed by atoms with Crippen LogP contribution in [-0.4, -0.2) is 50.1 Å². The number of methoxy groups -OCH3 is 1. The van der Waals surface area contributed by atoms with E-state index in [1.54, 1.807) is 0 Å². The first-order valence-corrected chi connectivity index (χ1v) is 5.63. The maximum Gasteiger partial charge on any atom is 0.418 e. The van der Waals surface area contributed by atoms with E-state index < -0.39 is 43.0 Å². The van der Waals surface area contributed by atoms with Crippen molar-refractivity contribution < 1.29 is 41.8 Å². The summed E-state index contributed by atoms with van der Waals surface area (Å²) >= 11 is 0. The van der Waals surface area contributed by atoms with Crippen LogP contribution in [0.1, 0.15) is 0 Å². The van der Waals surface area contributed by atoms with Gasteiger partial charge in [0, 0.05) is 12.2 Å². The van der Waals surface area contributed by atoms with Crippen molar-refractivity contribution >= 4 is 18.0 Å². The molecule has 0 aromatic carbocycles. The monoisotopic (exact) mass is 325 g/mol. The molecule has 7 nitrogen and oxygen atoms in total. The molecule has 0 aliphatic rings. The molecule has 0 radical (unpaired) electrons. The first kappa shape index (κ1) is 19.5. The highest BCUT2D eigenvalue weighted by atomic mass is 19.4. The summed E-state index contributed by atoms with van der Waals surface area (Å²) < 4.78 is 52.6. The maximum atomic E-state index is 13.3. The average molecular weight is 325 g/mol. The second-order valence-corrected chi connectivity index (χ2v) is 3.82. The van der Waals surface area contributed by atoms with E-state index in [0.29, 0.717) is 12.2 Å². The molecule has 10 heteroatoms. The number of alkyl carbamates (subject to hydrolysis) is 1. The molecular formula is C12H14F3NO6. The topological polar surface area (TPSA) is 90.9 Å². The van der Waals surface area contributed by atoms with Crippen LogP contribution in [0.5, 0.6) is 0 Å². The van der Waals surface area contributed by atoms with Crippen molar-refractivity contribution in [2.75, 3.05) is 20.3 Å². The summed E-state index contributed by atoms with van der Waals surface area (Å²) in [6, 6.07) is 0. The minimum Gasteiger partial charge on any atom is -0.460 e. The molecule has 1 N–H and O–H groups in total. The Morgan fingerprint density at radius 1 is 1.05 bits per heavy atom. The third kappa shape index (κ3) is 5.46. The number of carbonyl (C=O) groups excluding carboxylic acids is 3. The van der Waals surface area contributed by atoms with E-state index in [4.69, 9.17) is 0 Å². The lowest BCUT2D eigenvalue weighted by Gasteiger charge is -2.34. The Balaban J connectivity index is 5.44. The fourth-order valence-corrected chi connectivity index (χ4v) is 1.10. The molecule has 0 saturated heterocycles. The number of amides is 1. The number of carbonyl (C=O) groups is 3. The van der Waals surface area contributed by atoms with Gasteiger partial charge in [-0.25, -0.2) is 14.4 Å². The van der Waals surface area contributed by atoms with Gasteiger partial charge in [-0.2, -0.15) is 13.2 Å². The van der Waals surface area contributed by atoms with Crippen molar-refractivity contribution in [1.82, 2.24) is 5.32 Å². The van der Waals surface area contributed by atoms with Gasteiger partial charge in [-0.1, -0.05) is 13.2 Å². The molecule has 0 spiro atoms. The van der Waals surface area contributed by atoms with Crippen LogP contribution in [0.2, 0.25) is 0 Å². The number of alkyl halides is 3. The number of nitrogens with one attached hydrogen (secondary N) is 1. The molecule has 0 aliphatic heterocycles. The molecule has 0 rings (SSSR count). The van der Waals surface area contributed by atoms with E-state index in [1.165, 1.54) is 5.32 Å². The summed E-state index contributed by atoms with van der Waals surface area (Å²) in [5.41, 5.74) is -3.18. The van der Waals surface area contributed by atoms with Gasteiger partial charge in [-0.3, -0.25) is 0 Å². The third-order valence-electron chi connectivity index (χ3n) is 2.32. The fraction of sp³-hybridized carbons (Fsp3) is 0.417. The van der Waals surface area contributed by atoms with Gasteiger partial charge in [-0.15, -0.1) is 0 Å². The van der Waals surface area contributed by atoms with Crippen molar-refractivity contribution in [3.63, 3.8) is 0 Å². The lowest BCUT2D eigenvalue weighted by molar-refractivity contribution is -0.221. The molecule has 0 saturated carbocycles. The zero-order chi connectivity index (χ0) is 17.4. The summed E-state index contributed by atoms with van der Waals surface area (Å²) in [6.07, 6.45) is -5.31. The highest BCUT2D eigenvalue weighted by Crippen LogP contribution is 2.31. The third-order valence-corrected chi connectivity index (χ3v) is 2.32. The van der Waals surface area contributed by atoms with Crippen LogP contribution in [0.3, 0.4) is 0 Å². The van der Waals surface area contributed by atoms with Crippen molar-refractivity contribution in [3.05, 3.63) is 25.3 Å². The van der Waals surface area contributed by atoms with E-state index >= 15 is 0 Å². The number of halogens is 3. The molecule has 0 aromatic heterocycles. The predicted octanol–water partition coefficient (Wildman–Crippen LogP) is 1.10. The quantitative estimate of drug-likeness (QED) is 0.428. The molecular weight excluding hydrogens is 311 g/mol. The SMILES string of the molecule is C=CC(=O)OCC(COC(=O)C=C)(NC(=O)OC)C(F)(F)F. The Bertz CT molecular complexity index is 436. The van der Waals surface area contributed by atoms with Crippen molar-refractivity contribution in [1.29, 1.82) is 0 Å². The van der Waals surface area contributed by atoms with Gasteiger partial charge in [0.05, 0.1) is 7.11 Å². The Kier molecular flexibility index (Phi) is 7.13. The van der Waals surface area contributed by atoms with E-state index in [-0.39, 0.29) is 0 Å². The average Bonchev–Trinajstić information content (AvgIpc) is 2.47. The molecule has 124 valence electrons. The summed E-state index contributed by atoms with van der Waals surface area (Å²) in [6.45, 7) is 3.35. The van der Waals surface area contributed by atoms with Gasteiger partial charge in [0.15, 0.2) is 0 Å². The lowest BCUT2D eigenvalue weighted by atomic mass is 10.0. The van der Waals surface area contributed by atoms with Gasteiger partial charge in [0.1, 0.15) is 13.2 Å². The number of ether oxygens (including phenoxy) is 3. The first-order chi connectivity index (χ1) is 10.1. The van der Waals surface area contributed by atoms with Gasteiger partial charge >= 0.3 is 24.2 Å². The van der Waals surface area contributed by atoms with Crippen molar-refractivity contribution in [2.24, 2.45) is 0 Å². The highest BCUT2D eigenvalue weighted by molar-refractivity contribution is 5.82. The minimum absolute atomic E-state index is 0.634. The second kappa shape index (κ2) is 8.05. The van der Waals surface area contributed by atoms with Gasteiger partial charge in [0.2, 0.25) is 5.54 Å². The molecule has 0 atom stereocenters. The number of hydrogen-bond acceptors (Lipinski definition) is 6.